The summed E-state index contributed by atoms with van der Waals surface area (Å²) in [5, 5.41) is 6.36. The second kappa shape index (κ2) is 6.95. The van der Waals surface area contributed by atoms with Gasteiger partial charge in [0, 0.05) is 31.4 Å². The molecule has 1 aromatic carbocycles. The number of hydrogen-bond acceptors (Lipinski definition) is 4. The summed E-state index contributed by atoms with van der Waals surface area (Å²) >= 11 is 0. The molecule has 2 aromatic heterocycles. The van der Waals surface area contributed by atoms with E-state index >= 15 is 0 Å². The number of nitrogens with zero attached hydrogens (tertiary/aromatic N) is 3. The molecule has 1 atom stereocenters. The maximum atomic E-state index is 12.7. The fourth-order valence-corrected chi connectivity index (χ4v) is 3.37. The predicted octanol–water partition coefficient (Wildman–Crippen LogP) is 1.60. The van der Waals surface area contributed by atoms with Crippen LogP contribution in [0.2, 0.25) is 0 Å². The number of hydrogen-bond donors (Lipinski definition) is 2. The van der Waals surface area contributed by atoms with Crippen LogP contribution in [0.25, 0.3) is 0 Å². The molecule has 2 N–H and O–H groups in total. The molecule has 1 aliphatic heterocycles. The number of aromatic nitrogens is 4. The summed E-state index contributed by atoms with van der Waals surface area (Å²) in [6.07, 6.45) is 2.54. The Bertz CT molecular complexity index is 943. The first kappa shape index (κ1) is 16.3. The molecule has 7 heteroatoms. The predicted molar refractivity (Wildman–Crippen MR) is 95.5 cm³/mol. The van der Waals surface area contributed by atoms with Crippen LogP contribution in [-0.2, 0) is 17.8 Å². The second-order valence-corrected chi connectivity index (χ2v) is 6.42. The van der Waals surface area contributed by atoms with Crippen LogP contribution in [-0.4, -0.2) is 37.5 Å². The van der Waals surface area contributed by atoms with Crippen molar-refractivity contribution in [1.82, 2.24) is 25.1 Å². The van der Waals surface area contributed by atoms with Crippen molar-refractivity contribution >= 4 is 5.91 Å². The van der Waals surface area contributed by atoms with Crippen LogP contribution >= 0.6 is 0 Å². The summed E-state index contributed by atoms with van der Waals surface area (Å²) in [4.78, 5) is 33.3. The van der Waals surface area contributed by atoms with Gasteiger partial charge in [0.1, 0.15) is 0 Å². The second-order valence-electron chi connectivity index (χ2n) is 6.42. The van der Waals surface area contributed by atoms with E-state index in [1.807, 2.05) is 23.1 Å². The van der Waals surface area contributed by atoms with Crippen molar-refractivity contribution in [2.45, 2.75) is 25.3 Å². The van der Waals surface area contributed by atoms with Gasteiger partial charge in [-0.05, 0) is 11.6 Å². The van der Waals surface area contributed by atoms with Crippen LogP contribution in [0.15, 0.2) is 53.6 Å². The average Bonchev–Trinajstić information content (AvgIpc) is 3.16. The zero-order valence-electron chi connectivity index (χ0n) is 14.2. The normalized spacial score (nSPS) is 16.3. The summed E-state index contributed by atoms with van der Waals surface area (Å²) in [6.45, 7) is 1.15. The number of benzene rings is 1. The van der Waals surface area contributed by atoms with Gasteiger partial charge in [0.15, 0.2) is 0 Å². The highest BCUT2D eigenvalue weighted by atomic mass is 16.2. The molecule has 132 valence electrons. The molecule has 3 aromatic rings. The Labute approximate surface area is 150 Å². The number of imidazole rings is 1. The van der Waals surface area contributed by atoms with E-state index in [0.717, 1.165) is 17.0 Å². The number of amides is 1. The third-order valence-electron chi connectivity index (χ3n) is 4.72. The largest absolute Gasteiger partial charge is 0.347 e. The van der Waals surface area contributed by atoms with Crippen LogP contribution in [0.3, 0.4) is 0 Å². The first-order valence-electron chi connectivity index (χ1n) is 8.60. The van der Waals surface area contributed by atoms with Gasteiger partial charge in [-0.1, -0.05) is 30.3 Å². The Morgan fingerprint density at radius 3 is 2.81 bits per heavy atom. The van der Waals surface area contributed by atoms with E-state index in [-0.39, 0.29) is 17.4 Å². The highest BCUT2D eigenvalue weighted by Crippen LogP contribution is 2.31. The number of carbonyl (C=O) groups excluding carboxylic acids is 1. The van der Waals surface area contributed by atoms with Gasteiger partial charge in [-0.3, -0.25) is 9.59 Å². The van der Waals surface area contributed by atoms with Gasteiger partial charge >= 0.3 is 0 Å². The molecule has 7 nitrogen and oxygen atoms in total. The Morgan fingerprint density at radius 2 is 2.04 bits per heavy atom. The van der Waals surface area contributed by atoms with Gasteiger partial charge in [-0.15, -0.1) is 0 Å². The number of rotatable bonds is 4. The van der Waals surface area contributed by atoms with Crippen molar-refractivity contribution in [3.63, 3.8) is 0 Å². The number of aromatic amines is 2. The van der Waals surface area contributed by atoms with Crippen molar-refractivity contribution in [2.24, 2.45) is 0 Å². The molecule has 3 heterocycles. The fraction of sp³-hybridized carbons (Fsp3) is 0.263. The van der Waals surface area contributed by atoms with Crippen molar-refractivity contribution in [3.8, 4) is 0 Å². The summed E-state index contributed by atoms with van der Waals surface area (Å²) in [5.74, 6) is 0.139. The molecule has 1 unspecified atom stereocenters. The number of carbonyl (C=O) groups is 1. The SMILES string of the molecule is O=C(CCc1ccc(=O)[nH]n1)N1Cc2[nH]cnc2C(c2ccccc2)C1. The van der Waals surface area contributed by atoms with Gasteiger partial charge < -0.3 is 9.88 Å². The Morgan fingerprint density at radius 1 is 1.19 bits per heavy atom. The molecule has 0 saturated heterocycles. The summed E-state index contributed by atoms with van der Waals surface area (Å²) in [6, 6.07) is 13.2. The smallest absolute Gasteiger partial charge is 0.264 e. The monoisotopic (exact) mass is 349 g/mol. The van der Waals surface area contributed by atoms with Crippen LogP contribution in [0.1, 0.15) is 35.0 Å². The molecule has 0 aliphatic carbocycles. The zero-order valence-corrected chi connectivity index (χ0v) is 14.2. The Kier molecular flexibility index (Phi) is 4.35. The topological polar surface area (TPSA) is 94.7 Å². The molecule has 26 heavy (non-hydrogen) atoms. The lowest BCUT2D eigenvalue weighted by molar-refractivity contribution is -0.132. The lowest BCUT2D eigenvalue weighted by Crippen LogP contribution is -2.38. The minimum absolute atomic E-state index is 0.0687. The minimum Gasteiger partial charge on any atom is -0.347 e. The summed E-state index contributed by atoms with van der Waals surface area (Å²) in [5.41, 5.74) is 3.62. The minimum atomic E-state index is -0.242. The molecule has 0 fully saturated rings. The first-order valence-corrected chi connectivity index (χ1v) is 8.60. The molecular formula is C19H19N5O2. The van der Waals surface area contributed by atoms with Crippen molar-refractivity contribution in [2.75, 3.05) is 6.54 Å². The van der Waals surface area contributed by atoms with E-state index < -0.39 is 0 Å². The van der Waals surface area contributed by atoms with Crippen LogP contribution in [0.5, 0.6) is 0 Å². The van der Waals surface area contributed by atoms with Gasteiger partial charge in [0.25, 0.3) is 5.56 Å². The lowest BCUT2D eigenvalue weighted by atomic mass is 9.91. The summed E-state index contributed by atoms with van der Waals surface area (Å²) < 4.78 is 0. The van der Waals surface area contributed by atoms with E-state index in [9.17, 15) is 9.59 Å². The lowest BCUT2D eigenvalue weighted by Gasteiger charge is -2.32. The van der Waals surface area contributed by atoms with Crippen LogP contribution < -0.4 is 5.56 Å². The highest BCUT2D eigenvalue weighted by Gasteiger charge is 2.30. The van der Waals surface area contributed by atoms with Gasteiger partial charge in [0.2, 0.25) is 5.91 Å². The molecule has 0 spiro atoms. The van der Waals surface area contributed by atoms with Crippen LogP contribution in [0.4, 0.5) is 0 Å². The first-order chi connectivity index (χ1) is 12.7. The third-order valence-corrected chi connectivity index (χ3v) is 4.72. The Hall–Kier alpha value is -3.22. The standard InChI is InChI=1S/C19H19N5O2/c25-17-8-6-14(22-23-17)7-9-18(26)24-10-15(13-4-2-1-3-5-13)19-16(11-24)20-12-21-19/h1-6,8,12,15H,7,9-11H2,(H,20,21)(H,23,25). The van der Waals surface area contributed by atoms with E-state index in [2.05, 4.69) is 32.3 Å². The molecule has 1 amide bonds. The van der Waals surface area contributed by atoms with Crippen molar-refractivity contribution in [3.05, 3.63) is 81.8 Å². The number of H-pyrrole nitrogens is 2. The van der Waals surface area contributed by atoms with E-state index in [0.29, 0.717) is 31.6 Å². The fourth-order valence-electron chi connectivity index (χ4n) is 3.37. The number of aryl methyl sites for hydroxylation is 1. The van der Waals surface area contributed by atoms with Crippen molar-refractivity contribution < 1.29 is 4.79 Å². The molecule has 0 saturated carbocycles. The molecular weight excluding hydrogens is 330 g/mol. The van der Waals surface area contributed by atoms with Crippen LogP contribution in [0, 0.1) is 0 Å². The quantitative estimate of drug-likeness (QED) is 0.748. The van der Waals surface area contributed by atoms with E-state index in [1.54, 1.807) is 12.4 Å². The maximum Gasteiger partial charge on any atom is 0.264 e. The number of fused-ring (bicyclic) bond motifs is 1. The molecule has 0 bridgehead atoms. The van der Waals surface area contributed by atoms with Gasteiger partial charge in [-0.25, -0.2) is 10.1 Å². The Balaban J connectivity index is 1.49. The number of nitrogens with one attached hydrogen (secondary N) is 2. The average molecular weight is 349 g/mol. The molecule has 4 rings (SSSR count). The molecule has 1 aliphatic rings. The van der Waals surface area contributed by atoms with E-state index in [4.69, 9.17) is 0 Å². The van der Waals surface area contributed by atoms with Gasteiger partial charge in [-0.2, -0.15) is 5.10 Å². The van der Waals surface area contributed by atoms with Crippen molar-refractivity contribution in [1.29, 1.82) is 0 Å². The maximum absolute atomic E-state index is 12.7. The zero-order chi connectivity index (χ0) is 17.9. The van der Waals surface area contributed by atoms with E-state index in [1.165, 1.54) is 6.07 Å². The highest BCUT2D eigenvalue weighted by molar-refractivity contribution is 5.77. The van der Waals surface area contributed by atoms with Gasteiger partial charge in [0.05, 0.1) is 30.0 Å². The third kappa shape index (κ3) is 3.28. The molecule has 0 radical (unpaired) electrons. The summed E-state index contributed by atoms with van der Waals surface area (Å²) in [7, 11) is 0.